The van der Waals surface area contributed by atoms with Crippen LogP contribution in [-0.4, -0.2) is 22.3 Å². The van der Waals surface area contributed by atoms with Crippen LogP contribution in [-0.2, 0) is 11.3 Å². The Morgan fingerprint density at radius 1 is 1.22 bits per heavy atom. The van der Waals surface area contributed by atoms with Crippen molar-refractivity contribution < 1.29 is 4.79 Å². The number of aromatic amines is 1. The van der Waals surface area contributed by atoms with Gasteiger partial charge < -0.3 is 9.88 Å². The average Bonchev–Trinajstić information content (AvgIpc) is 2.75. The van der Waals surface area contributed by atoms with E-state index in [0.29, 0.717) is 18.4 Å². The zero-order valence-electron chi connectivity index (χ0n) is 9.98. The van der Waals surface area contributed by atoms with E-state index in [1.807, 2.05) is 24.3 Å². The van der Waals surface area contributed by atoms with E-state index in [-0.39, 0.29) is 11.5 Å². The number of nitrogens with one attached hydrogen (secondary N) is 1. The number of amides is 1. The number of rotatable bonds is 2. The zero-order valence-corrected chi connectivity index (χ0v) is 9.98. The third kappa shape index (κ3) is 1.90. The molecule has 1 amide bonds. The summed E-state index contributed by atoms with van der Waals surface area (Å²) in [6.07, 6.45) is 1.54. The number of carbonyl (C=O) groups excluding carboxylic acids is 1. The molecule has 4 heteroatoms. The van der Waals surface area contributed by atoms with Crippen molar-refractivity contribution in [1.29, 1.82) is 0 Å². The summed E-state index contributed by atoms with van der Waals surface area (Å²) < 4.78 is 0. The minimum absolute atomic E-state index is 0.0882. The summed E-state index contributed by atoms with van der Waals surface area (Å²) in [4.78, 5) is 28.1. The first-order valence-corrected chi connectivity index (χ1v) is 6.13. The SMILES string of the molecule is O=C1CCCN1Cc1cc2ccccc2c(=O)[nH]1. The quantitative estimate of drug-likeness (QED) is 0.870. The predicted molar refractivity (Wildman–Crippen MR) is 69.2 cm³/mol. The Kier molecular flexibility index (Phi) is 2.63. The number of hydrogen-bond donors (Lipinski definition) is 1. The molecule has 18 heavy (non-hydrogen) atoms. The van der Waals surface area contributed by atoms with Gasteiger partial charge in [-0.2, -0.15) is 0 Å². The van der Waals surface area contributed by atoms with Gasteiger partial charge in [0.1, 0.15) is 0 Å². The van der Waals surface area contributed by atoms with Crippen molar-refractivity contribution in [3.8, 4) is 0 Å². The van der Waals surface area contributed by atoms with Gasteiger partial charge in [-0.15, -0.1) is 0 Å². The topological polar surface area (TPSA) is 53.2 Å². The second-order valence-electron chi connectivity index (χ2n) is 4.63. The summed E-state index contributed by atoms with van der Waals surface area (Å²) >= 11 is 0. The van der Waals surface area contributed by atoms with Crippen LogP contribution in [0.25, 0.3) is 10.8 Å². The molecule has 4 nitrogen and oxygen atoms in total. The maximum Gasteiger partial charge on any atom is 0.256 e. The fourth-order valence-corrected chi connectivity index (χ4v) is 2.43. The molecule has 92 valence electrons. The Hall–Kier alpha value is -2.10. The van der Waals surface area contributed by atoms with Gasteiger partial charge in [0.25, 0.3) is 5.56 Å². The van der Waals surface area contributed by atoms with E-state index in [0.717, 1.165) is 24.0 Å². The Bertz CT molecular complexity index is 660. The van der Waals surface area contributed by atoms with Crippen LogP contribution in [0.1, 0.15) is 18.5 Å². The third-order valence-corrected chi connectivity index (χ3v) is 3.34. The largest absolute Gasteiger partial charge is 0.337 e. The van der Waals surface area contributed by atoms with E-state index in [9.17, 15) is 9.59 Å². The maximum absolute atomic E-state index is 11.9. The fourth-order valence-electron chi connectivity index (χ4n) is 2.43. The van der Waals surface area contributed by atoms with Gasteiger partial charge in [-0.25, -0.2) is 0 Å². The summed E-state index contributed by atoms with van der Waals surface area (Å²) in [5.41, 5.74) is 0.712. The van der Waals surface area contributed by atoms with Crippen LogP contribution < -0.4 is 5.56 Å². The molecule has 0 saturated carbocycles. The highest BCUT2D eigenvalue weighted by Crippen LogP contribution is 2.15. The van der Waals surface area contributed by atoms with Gasteiger partial charge >= 0.3 is 0 Å². The van der Waals surface area contributed by atoms with Crippen molar-refractivity contribution in [2.75, 3.05) is 6.54 Å². The van der Waals surface area contributed by atoms with E-state index in [2.05, 4.69) is 4.98 Å². The Morgan fingerprint density at radius 3 is 2.83 bits per heavy atom. The number of carbonyl (C=O) groups is 1. The van der Waals surface area contributed by atoms with Crippen LogP contribution in [0.3, 0.4) is 0 Å². The molecule has 0 aliphatic carbocycles. The summed E-state index contributed by atoms with van der Waals surface area (Å²) in [5.74, 6) is 0.170. The third-order valence-electron chi connectivity index (χ3n) is 3.34. The van der Waals surface area contributed by atoms with E-state index < -0.39 is 0 Å². The van der Waals surface area contributed by atoms with Gasteiger partial charge in [-0.3, -0.25) is 9.59 Å². The van der Waals surface area contributed by atoms with Crippen molar-refractivity contribution in [1.82, 2.24) is 9.88 Å². The second kappa shape index (κ2) is 4.29. The molecule has 0 spiro atoms. The minimum atomic E-state index is -0.0882. The summed E-state index contributed by atoms with van der Waals surface area (Å²) in [6.45, 7) is 1.28. The molecule has 1 aliphatic rings. The Labute approximate surface area is 104 Å². The van der Waals surface area contributed by atoms with Gasteiger partial charge in [0.2, 0.25) is 5.91 Å². The summed E-state index contributed by atoms with van der Waals surface area (Å²) in [7, 11) is 0. The number of H-pyrrole nitrogens is 1. The van der Waals surface area contributed by atoms with Crippen molar-refractivity contribution in [3.63, 3.8) is 0 Å². The Morgan fingerprint density at radius 2 is 2.06 bits per heavy atom. The van der Waals surface area contributed by atoms with Crippen molar-refractivity contribution in [2.45, 2.75) is 19.4 Å². The van der Waals surface area contributed by atoms with Crippen molar-refractivity contribution in [3.05, 3.63) is 46.4 Å². The van der Waals surface area contributed by atoms with Crippen molar-refractivity contribution >= 4 is 16.7 Å². The number of hydrogen-bond acceptors (Lipinski definition) is 2. The molecule has 0 atom stereocenters. The number of fused-ring (bicyclic) bond motifs is 1. The van der Waals surface area contributed by atoms with Crippen molar-refractivity contribution in [2.24, 2.45) is 0 Å². The average molecular weight is 242 g/mol. The molecular weight excluding hydrogens is 228 g/mol. The lowest BCUT2D eigenvalue weighted by Gasteiger charge is -2.15. The molecule has 2 aromatic rings. The molecule has 1 saturated heterocycles. The van der Waals surface area contributed by atoms with E-state index in [4.69, 9.17) is 0 Å². The standard InChI is InChI=1S/C14H14N2O2/c17-13-6-3-7-16(13)9-11-8-10-4-1-2-5-12(10)14(18)15-11/h1-2,4-5,8H,3,6-7,9H2,(H,15,18). The highest BCUT2D eigenvalue weighted by atomic mass is 16.2. The highest BCUT2D eigenvalue weighted by Gasteiger charge is 2.20. The van der Waals surface area contributed by atoms with Crippen LogP contribution in [0.2, 0.25) is 0 Å². The number of pyridine rings is 1. The van der Waals surface area contributed by atoms with E-state index in [1.165, 1.54) is 0 Å². The molecule has 1 aromatic carbocycles. The molecule has 0 radical (unpaired) electrons. The van der Waals surface area contributed by atoms with E-state index in [1.54, 1.807) is 11.0 Å². The van der Waals surface area contributed by atoms with Crippen LogP contribution in [0.5, 0.6) is 0 Å². The normalized spacial score (nSPS) is 15.6. The van der Waals surface area contributed by atoms with E-state index >= 15 is 0 Å². The monoisotopic (exact) mass is 242 g/mol. The molecule has 0 bridgehead atoms. The molecule has 1 N–H and O–H groups in total. The number of aromatic nitrogens is 1. The van der Waals surface area contributed by atoms with Gasteiger partial charge in [0.15, 0.2) is 0 Å². The highest BCUT2D eigenvalue weighted by molar-refractivity contribution is 5.82. The number of likely N-dealkylation sites (tertiary alicyclic amines) is 1. The molecule has 3 rings (SSSR count). The van der Waals surface area contributed by atoms with Gasteiger partial charge in [0.05, 0.1) is 6.54 Å². The van der Waals surface area contributed by atoms with Gasteiger partial charge in [0, 0.05) is 24.0 Å². The van der Waals surface area contributed by atoms with Crippen LogP contribution in [0, 0.1) is 0 Å². The number of benzene rings is 1. The molecule has 0 unspecified atom stereocenters. The second-order valence-corrected chi connectivity index (χ2v) is 4.63. The lowest BCUT2D eigenvalue weighted by atomic mass is 10.1. The molecule has 2 heterocycles. The first-order chi connectivity index (χ1) is 8.74. The fraction of sp³-hybridized carbons (Fsp3) is 0.286. The van der Waals surface area contributed by atoms with Crippen LogP contribution in [0.15, 0.2) is 35.1 Å². The lowest BCUT2D eigenvalue weighted by Crippen LogP contribution is -2.25. The summed E-state index contributed by atoms with van der Waals surface area (Å²) in [5, 5.41) is 1.61. The first-order valence-electron chi connectivity index (χ1n) is 6.13. The lowest BCUT2D eigenvalue weighted by molar-refractivity contribution is -0.128. The molecule has 1 fully saturated rings. The Balaban J connectivity index is 1.98. The zero-order chi connectivity index (χ0) is 12.5. The van der Waals surface area contributed by atoms with Gasteiger partial charge in [-0.05, 0) is 23.9 Å². The minimum Gasteiger partial charge on any atom is -0.337 e. The summed E-state index contributed by atoms with van der Waals surface area (Å²) in [6, 6.07) is 9.43. The first kappa shape index (κ1) is 11.0. The molecular formula is C14H14N2O2. The smallest absolute Gasteiger partial charge is 0.256 e. The molecule has 1 aliphatic heterocycles. The number of nitrogens with zero attached hydrogens (tertiary/aromatic N) is 1. The molecule has 1 aromatic heterocycles. The predicted octanol–water partition coefficient (Wildman–Crippen LogP) is 1.65. The van der Waals surface area contributed by atoms with Crippen LogP contribution in [0.4, 0.5) is 0 Å². The maximum atomic E-state index is 11.9. The van der Waals surface area contributed by atoms with Gasteiger partial charge in [-0.1, -0.05) is 18.2 Å². The van der Waals surface area contributed by atoms with Crippen LogP contribution >= 0.6 is 0 Å².